The molecule has 0 bridgehead atoms. The van der Waals surface area contributed by atoms with Crippen molar-refractivity contribution in [2.24, 2.45) is 5.92 Å². The number of benzene rings is 1. The van der Waals surface area contributed by atoms with Gasteiger partial charge in [0.1, 0.15) is 16.9 Å². The van der Waals surface area contributed by atoms with E-state index in [0.717, 1.165) is 30.4 Å². The third kappa shape index (κ3) is 4.29. The van der Waals surface area contributed by atoms with Crippen LogP contribution in [0, 0.1) is 23.1 Å². The van der Waals surface area contributed by atoms with Crippen LogP contribution in [0.4, 0.5) is 9.39 Å². The fourth-order valence-electron chi connectivity index (χ4n) is 3.33. The second kappa shape index (κ2) is 7.98. The molecule has 1 N–H and O–H groups in total. The van der Waals surface area contributed by atoms with E-state index in [0.29, 0.717) is 23.0 Å². The van der Waals surface area contributed by atoms with Crippen molar-refractivity contribution in [3.63, 3.8) is 0 Å². The fraction of sp³-hybridized carbons (Fsp3) is 0.400. The van der Waals surface area contributed by atoms with E-state index in [1.54, 1.807) is 12.1 Å². The second-order valence-corrected chi connectivity index (χ2v) is 8.12. The second-order valence-electron chi connectivity index (χ2n) is 7.01. The number of anilines is 1. The van der Waals surface area contributed by atoms with Gasteiger partial charge >= 0.3 is 0 Å². The molecule has 1 aromatic heterocycles. The summed E-state index contributed by atoms with van der Waals surface area (Å²) >= 11 is 1.54. The average molecular weight is 371 g/mol. The third-order valence-electron chi connectivity index (χ3n) is 4.66. The average Bonchev–Trinajstić information content (AvgIpc) is 2.92. The topological polar surface area (TPSA) is 56.1 Å². The maximum atomic E-state index is 13.0. The van der Waals surface area contributed by atoms with Gasteiger partial charge in [-0.15, -0.1) is 11.3 Å². The fourth-order valence-corrected chi connectivity index (χ4v) is 4.70. The highest BCUT2D eigenvalue weighted by Gasteiger charge is 2.24. The van der Waals surface area contributed by atoms with Crippen molar-refractivity contribution >= 4 is 22.2 Å². The number of thiophene rings is 1. The molecule has 1 amide bonds. The Balaban J connectivity index is 1.63. The molecule has 6 heteroatoms. The Morgan fingerprint density at radius 3 is 2.85 bits per heavy atom. The zero-order valence-corrected chi connectivity index (χ0v) is 15.8. The Morgan fingerprint density at radius 1 is 1.42 bits per heavy atom. The van der Waals surface area contributed by atoms with Crippen LogP contribution in [0.15, 0.2) is 24.3 Å². The Bertz CT molecular complexity index is 838. The van der Waals surface area contributed by atoms with Crippen LogP contribution in [-0.2, 0) is 24.2 Å². The number of likely N-dealkylation sites (N-methyl/N-ethyl adjacent to an activating group) is 1. The molecule has 1 aliphatic carbocycles. The monoisotopic (exact) mass is 371 g/mol. The highest BCUT2D eigenvalue weighted by molar-refractivity contribution is 7.16. The third-order valence-corrected chi connectivity index (χ3v) is 5.83. The molecular weight excluding hydrogens is 349 g/mol. The molecule has 1 aromatic carbocycles. The number of nitriles is 1. The molecule has 0 aliphatic heterocycles. The van der Waals surface area contributed by atoms with E-state index < -0.39 is 0 Å². The minimum atomic E-state index is -0.269. The smallest absolute Gasteiger partial charge is 0.239 e. The molecule has 0 saturated heterocycles. The lowest BCUT2D eigenvalue weighted by atomic mass is 9.89. The van der Waals surface area contributed by atoms with Crippen LogP contribution in [0.25, 0.3) is 0 Å². The molecule has 136 valence electrons. The molecule has 0 spiro atoms. The Kier molecular flexibility index (Phi) is 5.70. The van der Waals surface area contributed by atoms with Gasteiger partial charge in [0.2, 0.25) is 5.91 Å². The number of nitrogens with one attached hydrogen (secondary N) is 1. The molecule has 0 unspecified atom stereocenters. The summed E-state index contributed by atoms with van der Waals surface area (Å²) in [6, 6.07) is 8.53. The number of fused-ring (bicyclic) bond motifs is 1. The van der Waals surface area contributed by atoms with E-state index in [2.05, 4.69) is 18.3 Å². The van der Waals surface area contributed by atoms with Crippen LogP contribution in [0.3, 0.4) is 0 Å². The zero-order chi connectivity index (χ0) is 18.7. The van der Waals surface area contributed by atoms with Crippen molar-refractivity contribution in [3.05, 3.63) is 51.7 Å². The summed E-state index contributed by atoms with van der Waals surface area (Å²) in [5.41, 5.74) is 2.69. The standard InChI is InChI=1S/C20H22FN3OS/c1-13-3-8-16-17(10-22)20(26-18(16)9-13)23-19(25)12-24(2)11-14-4-6-15(21)7-5-14/h4-7,13H,3,8-9,11-12H2,1-2H3,(H,23,25)/t13-/m0/s1. The van der Waals surface area contributed by atoms with Gasteiger partial charge in [0.15, 0.2) is 0 Å². The number of amides is 1. The van der Waals surface area contributed by atoms with Crippen LogP contribution in [0.5, 0.6) is 0 Å². The predicted molar refractivity (Wildman–Crippen MR) is 102 cm³/mol. The summed E-state index contributed by atoms with van der Waals surface area (Å²) < 4.78 is 13.0. The summed E-state index contributed by atoms with van der Waals surface area (Å²) in [7, 11) is 1.84. The van der Waals surface area contributed by atoms with Gasteiger partial charge in [0, 0.05) is 11.4 Å². The normalized spacial score (nSPS) is 16.2. The summed E-state index contributed by atoms with van der Waals surface area (Å²) in [6.07, 6.45) is 2.98. The van der Waals surface area contributed by atoms with Crippen molar-refractivity contribution in [2.45, 2.75) is 32.7 Å². The van der Waals surface area contributed by atoms with E-state index in [-0.39, 0.29) is 18.3 Å². The summed E-state index contributed by atoms with van der Waals surface area (Å²) in [6.45, 7) is 2.98. The molecule has 2 aromatic rings. The lowest BCUT2D eigenvalue weighted by Crippen LogP contribution is -2.29. The van der Waals surface area contributed by atoms with E-state index >= 15 is 0 Å². The van der Waals surface area contributed by atoms with Gasteiger partial charge in [-0.05, 0) is 55.5 Å². The lowest BCUT2D eigenvalue weighted by Gasteiger charge is -2.17. The van der Waals surface area contributed by atoms with Crippen molar-refractivity contribution < 1.29 is 9.18 Å². The number of hydrogen-bond acceptors (Lipinski definition) is 4. The van der Waals surface area contributed by atoms with Gasteiger partial charge < -0.3 is 5.32 Å². The van der Waals surface area contributed by atoms with Crippen molar-refractivity contribution in [2.75, 3.05) is 18.9 Å². The van der Waals surface area contributed by atoms with Crippen molar-refractivity contribution in [1.29, 1.82) is 5.26 Å². The van der Waals surface area contributed by atoms with E-state index in [4.69, 9.17) is 0 Å². The summed E-state index contributed by atoms with van der Waals surface area (Å²) in [4.78, 5) is 15.5. The van der Waals surface area contributed by atoms with Gasteiger partial charge in [-0.2, -0.15) is 5.26 Å². The maximum absolute atomic E-state index is 13.0. The van der Waals surface area contributed by atoms with Crippen molar-refractivity contribution in [1.82, 2.24) is 4.90 Å². The van der Waals surface area contributed by atoms with E-state index in [1.165, 1.54) is 28.3 Å². The number of hydrogen-bond donors (Lipinski definition) is 1. The Morgan fingerprint density at radius 2 is 2.15 bits per heavy atom. The minimum absolute atomic E-state index is 0.141. The molecule has 1 aliphatic rings. The van der Waals surface area contributed by atoms with Gasteiger partial charge in [-0.1, -0.05) is 19.1 Å². The number of carbonyl (C=O) groups excluding carboxylic acids is 1. The van der Waals surface area contributed by atoms with Gasteiger partial charge in [-0.25, -0.2) is 4.39 Å². The Labute approximate surface area is 157 Å². The highest BCUT2D eigenvalue weighted by Crippen LogP contribution is 2.39. The largest absolute Gasteiger partial charge is 0.315 e. The predicted octanol–water partition coefficient (Wildman–Crippen LogP) is 3.95. The van der Waals surface area contributed by atoms with Crippen LogP contribution >= 0.6 is 11.3 Å². The first kappa shape index (κ1) is 18.6. The quantitative estimate of drug-likeness (QED) is 0.866. The molecule has 1 heterocycles. The van der Waals surface area contributed by atoms with Gasteiger partial charge in [0.25, 0.3) is 0 Å². The van der Waals surface area contributed by atoms with Crippen molar-refractivity contribution in [3.8, 4) is 6.07 Å². The molecule has 0 fully saturated rings. The molecule has 0 saturated carbocycles. The summed E-state index contributed by atoms with van der Waals surface area (Å²) in [5.74, 6) is 0.213. The van der Waals surface area contributed by atoms with Crippen LogP contribution in [-0.4, -0.2) is 24.4 Å². The number of carbonyl (C=O) groups is 1. The van der Waals surface area contributed by atoms with Crippen LogP contribution in [0.2, 0.25) is 0 Å². The molecule has 3 rings (SSSR count). The van der Waals surface area contributed by atoms with Gasteiger partial charge in [0.05, 0.1) is 12.1 Å². The maximum Gasteiger partial charge on any atom is 0.239 e. The van der Waals surface area contributed by atoms with Gasteiger partial charge in [-0.3, -0.25) is 9.69 Å². The first-order valence-electron chi connectivity index (χ1n) is 8.73. The number of halogens is 1. The zero-order valence-electron chi connectivity index (χ0n) is 15.0. The molecular formula is C20H22FN3OS. The first-order valence-corrected chi connectivity index (χ1v) is 9.55. The van der Waals surface area contributed by atoms with Crippen LogP contribution in [0.1, 0.15) is 34.9 Å². The molecule has 26 heavy (non-hydrogen) atoms. The molecule has 1 atom stereocenters. The first-order chi connectivity index (χ1) is 12.5. The van der Waals surface area contributed by atoms with Crippen LogP contribution < -0.4 is 5.32 Å². The number of rotatable bonds is 5. The van der Waals surface area contributed by atoms with E-state index in [9.17, 15) is 14.4 Å². The molecule has 0 radical (unpaired) electrons. The number of nitrogens with zero attached hydrogens (tertiary/aromatic N) is 2. The Hall–Kier alpha value is -2.23. The minimum Gasteiger partial charge on any atom is -0.315 e. The molecule has 4 nitrogen and oxygen atoms in total. The SMILES string of the molecule is C[C@H]1CCc2c(sc(NC(=O)CN(C)Cc3ccc(F)cc3)c2C#N)C1. The lowest BCUT2D eigenvalue weighted by molar-refractivity contribution is -0.117. The summed E-state index contributed by atoms with van der Waals surface area (Å²) in [5, 5.41) is 13.1. The highest BCUT2D eigenvalue weighted by atomic mass is 32.1. The van der Waals surface area contributed by atoms with E-state index in [1.807, 2.05) is 11.9 Å².